The highest BCUT2D eigenvalue weighted by Crippen LogP contribution is 2.67. The van der Waals surface area contributed by atoms with Crippen LogP contribution in [0.1, 0.15) is 30.0 Å². The van der Waals surface area contributed by atoms with Crippen molar-refractivity contribution in [2.45, 2.75) is 44.0 Å². The van der Waals surface area contributed by atoms with Gasteiger partial charge in [-0.3, -0.25) is 0 Å². The van der Waals surface area contributed by atoms with Crippen LogP contribution in [0, 0.1) is 17.8 Å². The van der Waals surface area contributed by atoms with Crippen molar-refractivity contribution < 1.29 is 14.6 Å². The summed E-state index contributed by atoms with van der Waals surface area (Å²) in [6, 6.07) is 14.5. The number of hydrogen-bond acceptors (Lipinski definition) is 3. The molecule has 0 radical (unpaired) electrons. The molecule has 0 aromatic heterocycles. The molecule has 1 spiro atoms. The molecule has 1 N–H and O–H groups in total. The molecular formula is C24H24O3. The molecule has 27 heavy (non-hydrogen) atoms. The van der Waals surface area contributed by atoms with Crippen molar-refractivity contribution in [1.29, 1.82) is 0 Å². The van der Waals surface area contributed by atoms with E-state index in [2.05, 4.69) is 37.3 Å². The monoisotopic (exact) mass is 360 g/mol. The molecule has 0 saturated heterocycles. The summed E-state index contributed by atoms with van der Waals surface area (Å²) in [5.41, 5.74) is 3.79. The average molecular weight is 360 g/mol. The molecule has 6 unspecified atom stereocenters. The summed E-state index contributed by atoms with van der Waals surface area (Å²) < 4.78 is 12.7. The van der Waals surface area contributed by atoms with Crippen LogP contribution in [0.3, 0.4) is 0 Å². The summed E-state index contributed by atoms with van der Waals surface area (Å²) in [7, 11) is 0. The van der Waals surface area contributed by atoms with Gasteiger partial charge in [0, 0.05) is 11.0 Å². The van der Waals surface area contributed by atoms with Gasteiger partial charge in [-0.05, 0) is 47.8 Å². The van der Waals surface area contributed by atoms with Crippen LogP contribution in [0.25, 0.3) is 0 Å². The lowest BCUT2D eigenvalue weighted by Gasteiger charge is -2.44. The number of ether oxygens (including phenoxy) is 2. The molecule has 6 rings (SSSR count). The zero-order chi connectivity index (χ0) is 18.2. The van der Waals surface area contributed by atoms with Gasteiger partial charge in [0.1, 0.15) is 18.8 Å². The molecule has 3 aliphatic carbocycles. The lowest BCUT2D eigenvalue weighted by molar-refractivity contribution is 0.00881. The molecule has 1 aliphatic heterocycles. The van der Waals surface area contributed by atoms with Crippen molar-refractivity contribution in [3.63, 3.8) is 0 Å². The standard InChI is InChI=1S/C24H24O3/c1-14-12-24-18-8-9-19(25)23(24)27-22-20(26-13-15-5-3-2-4-6-15)10-7-16(21(22)24)11-17(14)18/h2-10,14,17-19,23,25H,11-13H2,1H3. The van der Waals surface area contributed by atoms with Gasteiger partial charge in [0.25, 0.3) is 0 Å². The first-order chi connectivity index (χ1) is 13.2. The predicted molar refractivity (Wildman–Crippen MR) is 103 cm³/mol. The van der Waals surface area contributed by atoms with Gasteiger partial charge in [-0.25, -0.2) is 0 Å². The maximum Gasteiger partial charge on any atom is 0.166 e. The minimum atomic E-state index is -0.549. The van der Waals surface area contributed by atoms with E-state index in [1.54, 1.807) is 0 Å². The molecule has 1 saturated carbocycles. The maximum absolute atomic E-state index is 10.7. The third-order valence-corrected chi connectivity index (χ3v) is 7.39. The van der Waals surface area contributed by atoms with E-state index >= 15 is 0 Å². The second-order valence-corrected chi connectivity index (χ2v) is 8.73. The quantitative estimate of drug-likeness (QED) is 0.840. The Morgan fingerprint density at radius 1 is 1.15 bits per heavy atom. The lowest BCUT2D eigenvalue weighted by atomic mass is 9.59. The van der Waals surface area contributed by atoms with Gasteiger partial charge in [-0.1, -0.05) is 55.5 Å². The van der Waals surface area contributed by atoms with Crippen LogP contribution in [0.15, 0.2) is 54.6 Å². The Kier molecular flexibility index (Phi) is 3.14. The van der Waals surface area contributed by atoms with E-state index in [0.717, 1.165) is 29.9 Å². The molecule has 1 fully saturated rings. The molecule has 2 bridgehead atoms. The largest absolute Gasteiger partial charge is 0.485 e. The summed E-state index contributed by atoms with van der Waals surface area (Å²) in [6.45, 7) is 2.89. The van der Waals surface area contributed by atoms with Crippen molar-refractivity contribution in [1.82, 2.24) is 0 Å². The Morgan fingerprint density at radius 2 is 2.00 bits per heavy atom. The van der Waals surface area contributed by atoms with Crippen LogP contribution in [0.2, 0.25) is 0 Å². The highest BCUT2D eigenvalue weighted by Gasteiger charge is 2.66. The Balaban J connectivity index is 1.45. The zero-order valence-electron chi connectivity index (χ0n) is 15.5. The fourth-order valence-electron chi connectivity index (χ4n) is 6.36. The van der Waals surface area contributed by atoms with Crippen molar-refractivity contribution in [2.24, 2.45) is 17.8 Å². The first-order valence-corrected chi connectivity index (χ1v) is 10.0. The van der Waals surface area contributed by atoms with Gasteiger partial charge in [0.2, 0.25) is 0 Å². The van der Waals surface area contributed by atoms with Crippen LogP contribution < -0.4 is 9.47 Å². The molecule has 1 heterocycles. The van der Waals surface area contributed by atoms with Gasteiger partial charge in [0.15, 0.2) is 11.5 Å². The number of aliphatic hydroxyl groups is 1. The van der Waals surface area contributed by atoms with Crippen LogP contribution in [0.5, 0.6) is 11.5 Å². The van der Waals surface area contributed by atoms with Crippen LogP contribution >= 0.6 is 0 Å². The first kappa shape index (κ1) is 15.8. The van der Waals surface area contributed by atoms with Gasteiger partial charge < -0.3 is 14.6 Å². The minimum Gasteiger partial charge on any atom is -0.485 e. The van der Waals surface area contributed by atoms with Gasteiger partial charge in [-0.2, -0.15) is 0 Å². The summed E-state index contributed by atoms with van der Waals surface area (Å²) in [5.74, 6) is 3.45. The summed E-state index contributed by atoms with van der Waals surface area (Å²) >= 11 is 0. The van der Waals surface area contributed by atoms with Crippen molar-refractivity contribution in [2.75, 3.05) is 0 Å². The Morgan fingerprint density at radius 3 is 2.85 bits per heavy atom. The van der Waals surface area contributed by atoms with Crippen molar-refractivity contribution in [3.05, 3.63) is 71.3 Å². The molecule has 138 valence electrons. The summed E-state index contributed by atoms with van der Waals surface area (Å²) in [4.78, 5) is 0. The highest BCUT2D eigenvalue weighted by molar-refractivity contribution is 5.62. The number of benzene rings is 2. The molecule has 2 aromatic rings. The van der Waals surface area contributed by atoms with E-state index < -0.39 is 6.10 Å². The molecule has 3 heteroatoms. The number of allylic oxidation sites excluding steroid dienone is 1. The average Bonchev–Trinajstić information content (AvgIpc) is 3.13. The van der Waals surface area contributed by atoms with Gasteiger partial charge >= 0.3 is 0 Å². The molecule has 6 atom stereocenters. The smallest absolute Gasteiger partial charge is 0.166 e. The Labute approximate surface area is 159 Å². The van der Waals surface area contributed by atoms with E-state index in [1.807, 2.05) is 24.3 Å². The number of rotatable bonds is 3. The zero-order valence-corrected chi connectivity index (χ0v) is 15.5. The number of aliphatic hydroxyl groups excluding tert-OH is 1. The Bertz CT molecular complexity index is 934. The van der Waals surface area contributed by atoms with Crippen molar-refractivity contribution >= 4 is 0 Å². The predicted octanol–water partition coefficient (Wildman–Crippen LogP) is 4.02. The SMILES string of the molecule is CC1CC23c4c5ccc(OCc6ccccc6)c4OC2C(O)C=CC3C1C5. The molecule has 0 amide bonds. The highest BCUT2D eigenvalue weighted by atomic mass is 16.5. The third kappa shape index (κ3) is 1.96. The first-order valence-electron chi connectivity index (χ1n) is 10.0. The maximum atomic E-state index is 10.7. The van der Waals surface area contributed by atoms with E-state index in [9.17, 15) is 5.11 Å². The van der Waals surface area contributed by atoms with E-state index in [4.69, 9.17) is 9.47 Å². The Hall–Kier alpha value is -2.26. The number of hydrogen-bond donors (Lipinski definition) is 1. The van der Waals surface area contributed by atoms with Crippen LogP contribution in [-0.2, 0) is 18.4 Å². The second kappa shape index (κ2) is 5.39. The molecule has 2 aromatic carbocycles. The third-order valence-electron chi connectivity index (χ3n) is 7.39. The van der Waals surface area contributed by atoms with E-state index in [0.29, 0.717) is 24.4 Å². The molecule has 4 aliphatic rings. The van der Waals surface area contributed by atoms with E-state index in [1.165, 1.54) is 11.1 Å². The fraction of sp³-hybridized carbons (Fsp3) is 0.417. The fourth-order valence-corrected chi connectivity index (χ4v) is 6.36. The second-order valence-electron chi connectivity index (χ2n) is 8.73. The lowest BCUT2D eigenvalue weighted by Crippen LogP contribution is -2.52. The molecule has 3 nitrogen and oxygen atoms in total. The van der Waals surface area contributed by atoms with Gasteiger partial charge in [0.05, 0.1) is 0 Å². The molecular weight excluding hydrogens is 336 g/mol. The van der Waals surface area contributed by atoms with Crippen molar-refractivity contribution in [3.8, 4) is 11.5 Å². The summed E-state index contributed by atoms with van der Waals surface area (Å²) in [6.07, 6.45) is 5.69. The normalized spacial score (nSPS) is 37.0. The topological polar surface area (TPSA) is 38.7 Å². The minimum absolute atomic E-state index is 0.0761. The van der Waals surface area contributed by atoms with E-state index in [-0.39, 0.29) is 11.5 Å². The van der Waals surface area contributed by atoms with Gasteiger partial charge in [-0.15, -0.1) is 0 Å². The summed E-state index contributed by atoms with van der Waals surface area (Å²) in [5, 5.41) is 10.7. The van der Waals surface area contributed by atoms with Crippen LogP contribution in [-0.4, -0.2) is 17.3 Å². The van der Waals surface area contributed by atoms with Crippen LogP contribution in [0.4, 0.5) is 0 Å².